The van der Waals surface area contributed by atoms with Crippen LogP contribution in [0.25, 0.3) is 11.1 Å². The Morgan fingerprint density at radius 3 is 2.56 bits per heavy atom. The molecule has 3 unspecified atom stereocenters. The van der Waals surface area contributed by atoms with Gasteiger partial charge >= 0.3 is 6.03 Å². The van der Waals surface area contributed by atoms with Crippen LogP contribution in [0.1, 0.15) is 24.3 Å². The topological polar surface area (TPSA) is 48.5 Å². The van der Waals surface area contributed by atoms with E-state index in [1.54, 1.807) is 35.4 Å². The molecular formula is C26H27F2N4OP. The molecule has 5 rings (SSSR count). The third kappa shape index (κ3) is 4.62. The number of likely N-dealkylation sites (tertiary alicyclic amines) is 1. The van der Waals surface area contributed by atoms with E-state index in [1.807, 2.05) is 23.1 Å². The molecular weight excluding hydrogens is 453 g/mol. The predicted octanol–water partition coefficient (Wildman–Crippen LogP) is 5.66. The first kappa shape index (κ1) is 22.7. The molecule has 0 spiro atoms. The molecule has 2 fully saturated rings. The molecule has 0 radical (unpaired) electrons. The fourth-order valence-electron chi connectivity index (χ4n) is 4.82. The summed E-state index contributed by atoms with van der Waals surface area (Å²) in [6.07, 6.45) is 2.79. The molecule has 0 saturated carbocycles. The summed E-state index contributed by atoms with van der Waals surface area (Å²) in [4.78, 5) is 21.4. The van der Waals surface area contributed by atoms with Crippen molar-refractivity contribution in [2.24, 2.45) is 0 Å². The molecule has 3 atom stereocenters. The van der Waals surface area contributed by atoms with Gasteiger partial charge in [0.25, 0.3) is 0 Å². The van der Waals surface area contributed by atoms with Crippen molar-refractivity contribution in [2.45, 2.75) is 24.2 Å². The maximum atomic E-state index is 14.7. The van der Waals surface area contributed by atoms with Crippen molar-refractivity contribution in [3.8, 4) is 11.1 Å². The lowest BCUT2D eigenvalue weighted by Gasteiger charge is -2.25. The molecule has 3 heterocycles. The van der Waals surface area contributed by atoms with Gasteiger partial charge in [-0.2, -0.15) is 0 Å². The SMILES string of the molecule is O=C(Nc1c(-c2ccccc2F)ccnc1N1CCC(F)(P)C1)N1CCC(c2ccccc2)C1. The molecule has 2 aromatic carbocycles. The van der Waals surface area contributed by atoms with Crippen molar-refractivity contribution >= 4 is 26.8 Å². The summed E-state index contributed by atoms with van der Waals surface area (Å²) in [5, 5.41) is 1.59. The average molecular weight is 480 g/mol. The lowest BCUT2D eigenvalue weighted by atomic mass is 9.99. The zero-order valence-electron chi connectivity index (χ0n) is 18.8. The fourth-order valence-corrected chi connectivity index (χ4v) is 5.17. The number of carbonyl (C=O) groups is 1. The van der Waals surface area contributed by atoms with Crippen LogP contribution < -0.4 is 10.2 Å². The summed E-state index contributed by atoms with van der Waals surface area (Å²) in [5.41, 5.74) is 2.50. The van der Waals surface area contributed by atoms with Gasteiger partial charge in [0.05, 0.1) is 12.2 Å². The molecule has 1 aromatic heterocycles. The molecule has 1 N–H and O–H groups in total. The quantitative estimate of drug-likeness (QED) is 0.491. The Labute approximate surface area is 200 Å². The highest BCUT2D eigenvalue weighted by Crippen LogP contribution is 2.41. The standard InChI is InChI=1S/C26H27F2N4OP/c27-22-9-5-4-8-20(22)21-10-13-29-24(32-15-12-26(28,34)17-32)23(21)30-25(33)31-14-11-19(16-31)18-6-2-1-3-7-18/h1-10,13,19H,11-12,14-17,34H2,(H,30,33). The minimum Gasteiger partial charge on any atom is -0.351 e. The van der Waals surface area contributed by atoms with Gasteiger partial charge in [-0.05, 0) is 24.1 Å². The summed E-state index contributed by atoms with van der Waals surface area (Å²) < 4.78 is 29.4. The van der Waals surface area contributed by atoms with E-state index in [4.69, 9.17) is 0 Å². The minimum atomic E-state index is -1.42. The maximum Gasteiger partial charge on any atom is 0.321 e. The van der Waals surface area contributed by atoms with Crippen molar-refractivity contribution in [3.63, 3.8) is 0 Å². The van der Waals surface area contributed by atoms with E-state index in [9.17, 15) is 13.6 Å². The number of halogens is 2. The summed E-state index contributed by atoms with van der Waals surface area (Å²) in [5.74, 6) is 0.330. The molecule has 2 aliphatic heterocycles. The van der Waals surface area contributed by atoms with Gasteiger partial charge in [0.2, 0.25) is 0 Å². The predicted molar refractivity (Wildman–Crippen MR) is 134 cm³/mol. The Hall–Kier alpha value is -3.05. The minimum absolute atomic E-state index is 0.133. The number of anilines is 2. The van der Waals surface area contributed by atoms with Crippen molar-refractivity contribution < 1.29 is 13.6 Å². The molecule has 34 heavy (non-hydrogen) atoms. The highest BCUT2D eigenvalue weighted by Gasteiger charge is 2.36. The number of urea groups is 1. The molecule has 0 aliphatic carbocycles. The highest BCUT2D eigenvalue weighted by atomic mass is 31.0. The first-order valence-corrected chi connectivity index (χ1v) is 12.1. The number of amides is 2. The van der Waals surface area contributed by atoms with E-state index >= 15 is 0 Å². The smallest absolute Gasteiger partial charge is 0.321 e. The Bertz CT molecular complexity index is 1190. The molecule has 2 saturated heterocycles. The summed E-state index contributed by atoms with van der Waals surface area (Å²) in [6.45, 7) is 1.81. The molecule has 2 amide bonds. The Kier molecular flexibility index (Phi) is 6.22. The number of pyridine rings is 1. The number of hydrogen-bond acceptors (Lipinski definition) is 3. The first-order valence-electron chi connectivity index (χ1n) is 11.5. The largest absolute Gasteiger partial charge is 0.351 e. The lowest BCUT2D eigenvalue weighted by Crippen LogP contribution is -2.34. The van der Waals surface area contributed by atoms with E-state index in [0.717, 1.165) is 6.42 Å². The zero-order chi connectivity index (χ0) is 23.7. The van der Waals surface area contributed by atoms with Gasteiger partial charge in [0.1, 0.15) is 11.2 Å². The average Bonchev–Trinajstić information content (AvgIpc) is 3.47. The Balaban J connectivity index is 1.46. The second-order valence-electron chi connectivity index (χ2n) is 9.02. The van der Waals surface area contributed by atoms with Gasteiger partial charge < -0.3 is 15.1 Å². The zero-order valence-corrected chi connectivity index (χ0v) is 19.9. The van der Waals surface area contributed by atoms with Gasteiger partial charge in [-0.15, -0.1) is 0 Å². The third-order valence-corrected chi connectivity index (χ3v) is 7.10. The third-order valence-electron chi connectivity index (χ3n) is 6.62. The van der Waals surface area contributed by atoms with Crippen LogP contribution in [0.5, 0.6) is 0 Å². The number of aromatic nitrogens is 1. The van der Waals surface area contributed by atoms with Crippen LogP contribution in [0.3, 0.4) is 0 Å². The first-order chi connectivity index (χ1) is 16.4. The van der Waals surface area contributed by atoms with E-state index in [0.29, 0.717) is 48.7 Å². The number of nitrogens with zero attached hydrogens (tertiary/aromatic N) is 3. The summed E-state index contributed by atoms with van der Waals surface area (Å²) >= 11 is 0. The molecule has 3 aromatic rings. The summed E-state index contributed by atoms with van der Waals surface area (Å²) in [7, 11) is 2.26. The van der Waals surface area contributed by atoms with Crippen LogP contribution in [0.4, 0.5) is 25.1 Å². The lowest BCUT2D eigenvalue weighted by molar-refractivity contribution is 0.222. The molecule has 0 bridgehead atoms. The number of alkyl halides is 1. The second-order valence-corrected chi connectivity index (χ2v) is 10.1. The van der Waals surface area contributed by atoms with Crippen molar-refractivity contribution in [1.29, 1.82) is 0 Å². The number of benzene rings is 2. The number of rotatable bonds is 4. The van der Waals surface area contributed by atoms with Crippen molar-refractivity contribution in [3.05, 3.63) is 78.2 Å². The van der Waals surface area contributed by atoms with Gasteiger partial charge in [0, 0.05) is 49.3 Å². The van der Waals surface area contributed by atoms with Gasteiger partial charge in [-0.3, -0.25) is 0 Å². The number of carbonyl (C=O) groups excluding carboxylic acids is 1. The number of hydrogen-bond donors (Lipinski definition) is 1. The van der Waals surface area contributed by atoms with Crippen LogP contribution in [0.2, 0.25) is 0 Å². The van der Waals surface area contributed by atoms with Crippen LogP contribution in [0, 0.1) is 5.82 Å². The van der Waals surface area contributed by atoms with Crippen LogP contribution in [0.15, 0.2) is 66.9 Å². The number of nitrogens with one attached hydrogen (secondary N) is 1. The molecule has 5 nitrogen and oxygen atoms in total. The Morgan fingerprint density at radius 1 is 1.06 bits per heavy atom. The fraction of sp³-hybridized carbons (Fsp3) is 0.308. The van der Waals surface area contributed by atoms with E-state index < -0.39 is 11.2 Å². The maximum absolute atomic E-state index is 14.7. The molecule has 8 heteroatoms. The van der Waals surface area contributed by atoms with Crippen molar-refractivity contribution in [1.82, 2.24) is 9.88 Å². The molecule has 176 valence electrons. The van der Waals surface area contributed by atoms with Crippen LogP contribution in [-0.4, -0.2) is 47.5 Å². The normalized spacial score (nSPS) is 22.3. The van der Waals surface area contributed by atoms with Crippen LogP contribution >= 0.6 is 9.24 Å². The monoisotopic (exact) mass is 480 g/mol. The van der Waals surface area contributed by atoms with Crippen molar-refractivity contribution in [2.75, 3.05) is 36.4 Å². The molecule has 2 aliphatic rings. The van der Waals surface area contributed by atoms with E-state index in [2.05, 4.69) is 31.7 Å². The summed E-state index contributed by atoms with van der Waals surface area (Å²) in [6, 6.07) is 18.0. The van der Waals surface area contributed by atoms with Gasteiger partial charge in [-0.25, -0.2) is 18.6 Å². The highest BCUT2D eigenvalue weighted by molar-refractivity contribution is 7.18. The van der Waals surface area contributed by atoms with E-state index in [-0.39, 0.29) is 18.5 Å². The van der Waals surface area contributed by atoms with Gasteiger partial charge in [0.15, 0.2) is 5.82 Å². The van der Waals surface area contributed by atoms with E-state index in [1.165, 1.54) is 11.6 Å². The van der Waals surface area contributed by atoms with Crippen LogP contribution in [-0.2, 0) is 0 Å². The second kappa shape index (κ2) is 9.30. The Morgan fingerprint density at radius 2 is 1.82 bits per heavy atom. The van der Waals surface area contributed by atoms with Gasteiger partial charge in [-0.1, -0.05) is 57.8 Å².